The third-order valence-corrected chi connectivity index (χ3v) is 8.43. The molecule has 0 saturated carbocycles. The number of aliphatic carboxylic acids is 1. The van der Waals surface area contributed by atoms with E-state index < -0.39 is 65.5 Å². The SMILES string of the molecule is COC(=O)NC(C(=O)NCC(O)CC(Cc1ccc(-c2ccccn2)cc1)NC(=O)C(N(Cc1ccccc1)C(=O)OC)C(C)(C)C)C(C)C(=O)O. The molecule has 0 bridgehead atoms. The number of rotatable bonds is 16. The predicted octanol–water partition coefficient (Wildman–Crippen LogP) is 3.77. The number of aliphatic hydroxyl groups is 1. The summed E-state index contributed by atoms with van der Waals surface area (Å²) in [5.41, 5.74) is 2.55. The van der Waals surface area contributed by atoms with E-state index in [-0.39, 0.29) is 25.9 Å². The van der Waals surface area contributed by atoms with Gasteiger partial charge in [0.2, 0.25) is 11.8 Å². The van der Waals surface area contributed by atoms with Crippen molar-refractivity contribution in [1.29, 1.82) is 0 Å². The van der Waals surface area contributed by atoms with Crippen LogP contribution in [0, 0.1) is 11.3 Å². The average molecular weight is 720 g/mol. The van der Waals surface area contributed by atoms with E-state index in [0.717, 1.165) is 29.5 Å². The number of carbonyl (C=O) groups excluding carboxylic acids is 4. The number of hydrogen-bond acceptors (Lipinski definition) is 9. The number of alkyl carbamates (subject to hydrolysis) is 1. The number of aliphatic hydroxyl groups excluding tert-OH is 1. The lowest BCUT2D eigenvalue weighted by Gasteiger charge is -2.39. The van der Waals surface area contributed by atoms with Gasteiger partial charge in [-0.25, -0.2) is 9.59 Å². The Morgan fingerprint density at radius 1 is 0.846 bits per heavy atom. The topological polar surface area (TPSA) is 196 Å². The van der Waals surface area contributed by atoms with Crippen LogP contribution in [0.1, 0.15) is 45.2 Å². The third-order valence-electron chi connectivity index (χ3n) is 8.43. The van der Waals surface area contributed by atoms with Crippen molar-refractivity contribution >= 4 is 30.0 Å². The number of nitrogens with one attached hydrogen (secondary N) is 3. The highest BCUT2D eigenvalue weighted by Crippen LogP contribution is 2.28. The standard InChI is InChI=1S/C38H49N5O9/c1-24(35(47)48)31(42-36(49)51-5)33(45)40-22-29(44)21-28(20-25-15-17-27(18-16-25)30-14-10-11-19-39-30)41-34(46)32(38(2,3)4)43(37(50)52-6)23-26-12-8-7-9-13-26/h7-19,24,28-29,31-32,44H,20-23H2,1-6H3,(H,40,45)(H,41,46)(H,42,49)(H,47,48). The molecule has 5 unspecified atom stereocenters. The second-order valence-electron chi connectivity index (χ2n) is 13.5. The first kappa shape index (κ1) is 40.9. The van der Waals surface area contributed by atoms with Gasteiger partial charge in [-0.3, -0.25) is 24.3 Å². The van der Waals surface area contributed by atoms with Crippen LogP contribution in [0.3, 0.4) is 0 Å². The number of carboxylic acid groups (broad SMARTS) is 1. The minimum atomic E-state index is -1.48. The van der Waals surface area contributed by atoms with Crippen LogP contribution in [-0.2, 0) is 36.8 Å². The largest absolute Gasteiger partial charge is 0.481 e. The van der Waals surface area contributed by atoms with Gasteiger partial charge in [0.1, 0.15) is 12.1 Å². The van der Waals surface area contributed by atoms with Gasteiger partial charge < -0.3 is 35.6 Å². The molecule has 0 radical (unpaired) electrons. The summed E-state index contributed by atoms with van der Waals surface area (Å²) in [5, 5.41) is 28.4. The van der Waals surface area contributed by atoms with Gasteiger partial charge in [0.15, 0.2) is 0 Å². The number of nitrogens with zero attached hydrogens (tertiary/aromatic N) is 2. The van der Waals surface area contributed by atoms with Gasteiger partial charge in [-0.1, -0.05) is 81.4 Å². The highest BCUT2D eigenvalue weighted by atomic mass is 16.5. The molecule has 0 aliphatic rings. The van der Waals surface area contributed by atoms with Crippen LogP contribution < -0.4 is 16.0 Å². The van der Waals surface area contributed by atoms with Crippen molar-refractivity contribution < 1.29 is 43.7 Å². The Labute approximate surface area is 303 Å². The maximum absolute atomic E-state index is 14.3. The summed E-state index contributed by atoms with van der Waals surface area (Å²) in [7, 11) is 2.33. The molecule has 52 heavy (non-hydrogen) atoms. The molecule has 4 amide bonds. The van der Waals surface area contributed by atoms with Crippen LogP contribution in [-0.4, -0.2) is 95.1 Å². The van der Waals surface area contributed by atoms with Gasteiger partial charge in [0.05, 0.1) is 31.9 Å². The van der Waals surface area contributed by atoms with E-state index in [4.69, 9.17) is 4.74 Å². The number of benzene rings is 2. The molecule has 280 valence electrons. The number of carboxylic acids is 1. The Bertz CT molecular complexity index is 1630. The van der Waals surface area contributed by atoms with Gasteiger partial charge in [0, 0.05) is 30.9 Å². The molecule has 0 saturated heterocycles. The number of carbonyl (C=O) groups is 5. The van der Waals surface area contributed by atoms with Crippen LogP contribution in [0.2, 0.25) is 0 Å². The molecule has 3 rings (SSSR count). The summed E-state index contributed by atoms with van der Waals surface area (Å²) in [5.74, 6) is -3.94. The van der Waals surface area contributed by atoms with Crippen molar-refractivity contribution in [2.45, 2.75) is 71.3 Å². The number of amides is 4. The average Bonchev–Trinajstić information content (AvgIpc) is 3.12. The normalized spacial score (nSPS) is 14.1. The summed E-state index contributed by atoms with van der Waals surface area (Å²) in [4.78, 5) is 69.6. The molecule has 14 nitrogen and oxygen atoms in total. The van der Waals surface area contributed by atoms with Crippen molar-refractivity contribution in [3.8, 4) is 11.3 Å². The molecular weight excluding hydrogens is 670 g/mol. The van der Waals surface area contributed by atoms with Crippen LogP contribution >= 0.6 is 0 Å². The van der Waals surface area contributed by atoms with Gasteiger partial charge >= 0.3 is 18.2 Å². The van der Waals surface area contributed by atoms with Gasteiger partial charge in [0.25, 0.3) is 0 Å². The van der Waals surface area contributed by atoms with Gasteiger partial charge in [-0.2, -0.15) is 0 Å². The molecule has 14 heteroatoms. The summed E-state index contributed by atoms with van der Waals surface area (Å²) >= 11 is 0. The highest BCUT2D eigenvalue weighted by Gasteiger charge is 2.41. The van der Waals surface area contributed by atoms with Crippen molar-refractivity contribution in [3.05, 3.63) is 90.1 Å². The monoisotopic (exact) mass is 719 g/mol. The van der Waals surface area contributed by atoms with Gasteiger partial charge in [-0.15, -0.1) is 0 Å². The fraction of sp³-hybridized carbons (Fsp3) is 0.421. The van der Waals surface area contributed by atoms with Crippen LogP contribution in [0.25, 0.3) is 11.3 Å². The zero-order valence-electron chi connectivity index (χ0n) is 30.4. The second-order valence-corrected chi connectivity index (χ2v) is 13.5. The Kier molecular flexibility index (Phi) is 15.1. The summed E-state index contributed by atoms with van der Waals surface area (Å²) in [6.07, 6.45) is -0.955. The number of pyridine rings is 1. The molecule has 0 aliphatic carbocycles. The highest BCUT2D eigenvalue weighted by molar-refractivity contribution is 5.90. The first-order valence-corrected chi connectivity index (χ1v) is 16.9. The zero-order chi connectivity index (χ0) is 38.4. The third kappa shape index (κ3) is 12.1. The van der Waals surface area contributed by atoms with Gasteiger partial charge in [-0.05, 0) is 48.4 Å². The van der Waals surface area contributed by atoms with Crippen molar-refractivity contribution in [2.75, 3.05) is 20.8 Å². The van der Waals surface area contributed by atoms with Crippen LogP contribution in [0.4, 0.5) is 9.59 Å². The Morgan fingerprint density at radius 2 is 1.50 bits per heavy atom. The van der Waals surface area contributed by atoms with E-state index in [2.05, 4.69) is 25.7 Å². The van der Waals surface area contributed by atoms with E-state index in [9.17, 15) is 34.2 Å². The minimum Gasteiger partial charge on any atom is -0.481 e. The number of ether oxygens (including phenoxy) is 2. The molecule has 1 heterocycles. The molecule has 0 spiro atoms. The summed E-state index contributed by atoms with van der Waals surface area (Å²) in [6, 6.07) is 19.3. The maximum Gasteiger partial charge on any atom is 0.410 e. The number of hydrogen-bond donors (Lipinski definition) is 5. The van der Waals surface area contributed by atoms with Crippen molar-refractivity contribution in [2.24, 2.45) is 11.3 Å². The van der Waals surface area contributed by atoms with E-state index in [1.165, 1.54) is 18.9 Å². The van der Waals surface area contributed by atoms with Crippen molar-refractivity contribution in [3.63, 3.8) is 0 Å². The molecule has 0 fully saturated rings. The first-order valence-electron chi connectivity index (χ1n) is 16.9. The minimum absolute atomic E-state index is 0.0363. The number of aromatic nitrogens is 1. The zero-order valence-corrected chi connectivity index (χ0v) is 30.4. The Morgan fingerprint density at radius 3 is 2.06 bits per heavy atom. The lowest BCUT2D eigenvalue weighted by Crippen LogP contribution is -2.57. The lowest BCUT2D eigenvalue weighted by atomic mass is 9.84. The summed E-state index contributed by atoms with van der Waals surface area (Å²) in [6.45, 7) is 6.55. The molecule has 1 aromatic heterocycles. The second kappa shape index (κ2) is 19.2. The molecule has 2 aromatic carbocycles. The number of methoxy groups -OCH3 is 2. The molecule has 5 atom stereocenters. The fourth-order valence-electron chi connectivity index (χ4n) is 5.75. The predicted molar refractivity (Wildman–Crippen MR) is 193 cm³/mol. The van der Waals surface area contributed by atoms with E-state index in [1.807, 2.05) is 93.6 Å². The lowest BCUT2D eigenvalue weighted by molar-refractivity contribution is -0.144. The quantitative estimate of drug-likeness (QED) is 0.145. The van der Waals surface area contributed by atoms with Crippen LogP contribution in [0.5, 0.6) is 0 Å². The van der Waals surface area contributed by atoms with Crippen LogP contribution in [0.15, 0.2) is 79.0 Å². The summed E-state index contributed by atoms with van der Waals surface area (Å²) < 4.78 is 9.64. The molecule has 5 N–H and O–H groups in total. The Balaban J connectivity index is 1.88. The molecular formula is C38H49N5O9. The molecule has 3 aromatic rings. The van der Waals surface area contributed by atoms with E-state index >= 15 is 0 Å². The fourth-order valence-corrected chi connectivity index (χ4v) is 5.75. The maximum atomic E-state index is 14.3. The first-order chi connectivity index (χ1) is 24.6. The molecule has 0 aliphatic heterocycles. The van der Waals surface area contributed by atoms with E-state index in [1.54, 1.807) is 6.20 Å². The van der Waals surface area contributed by atoms with E-state index in [0.29, 0.717) is 0 Å². The van der Waals surface area contributed by atoms with Crippen molar-refractivity contribution in [1.82, 2.24) is 25.8 Å². The Hall–Kier alpha value is -5.50. The smallest absolute Gasteiger partial charge is 0.410 e.